The minimum absolute atomic E-state index is 0.373. The van der Waals surface area contributed by atoms with Crippen LogP contribution < -0.4 is 16.0 Å². The molecule has 8 nitrogen and oxygen atoms in total. The quantitative estimate of drug-likeness (QED) is 0.463. The molecule has 156 valence electrons. The van der Waals surface area contributed by atoms with Crippen LogP contribution in [0.2, 0.25) is 0 Å². The maximum absolute atomic E-state index is 11.8. The molecule has 1 amide bonds. The van der Waals surface area contributed by atoms with E-state index in [1.807, 2.05) is 31.3 Å². The van der Waals surface area contributed by atoms with Crippen LogP contribution in [-0.4, -0.2) is 39.7 Å². The number of carbonyl (C=O) groups excluding carboxylic acids is 1. The zero-order valence-corrected chi connectivity index (χ0v) is 17.2. The third-order valence-corrected chi connectivity index (χ3v) is 5.64. The van der Waals surface area contributed by atoms with Crippen LogP contribution in [0.1, 0.15) is 27.9 Å². The van der Waals surface area contributed by atoms with Crippen molar-refractivity contribution in [3.05, 3.63) is 65.2 Å². The largest absolute Gasteiger partial charge is 0.366 e. The number of nitrogens with one attached hydrogen (secondary N) is 2. The number of anilines is 2. The Morgan fingerprint density at radius 2 is 2.00 bits per heavy atom. The van der Waals surface area contributed by atoms with Crippen molar-refractivity contribution in [3.8, 4) is 11.5 Å². The van der Waals surface area contributed by atoms with Crippen LogP contribution in [0.4, 0.5) is 11.6 Å². The molecule has 8 heteroatoms. The van der Waals surface area contributed by atoms with Gasteiger partial charge in [-0.2, -0.15) is 5.10 Å². The molecular weight excluding hydrogens is 390 g/mol. The van der Waals surface area contributed by atoms with Crippen molar-refractivity contribution < 1.29 is 4.79 Å². The summed E-state index contributed by atoms with van der Waals surface area (Å²) in [4.78, 5) is 23.7. The standard InChI is InChI=1S/C23H23N7O/c1-30-12-6-11-17-21(25-13-14-7-3-2-4-8-14)26-22(27-23(17)30)19-15-9-5-10-16(20(24)31)18(15)28-29-19/h2-5,7-10H,6,11-13H2,1H3,(H2,24,31)(H,28,29)(H,25,26,27). The van der Waals surface area contributed by atoms with Crippen molar-refractivity contribution in [2.24, 2.45) is 5.73 Å². The summed E-state index contributed by atoms with van der Waals surface area (Å²) in [6.45, 7) is 1.61. The SMILES string of the molecule is CN1CCCc2c(NCc3ccccc3)nc(-c3[nH]nc4c(C(N)=O)cccc34)nc21. The molecule has 1 aliphatic rings. The number of para-hydroxylation sites is 1. The summed E-state index contributed by atoms with van der Waals surface area (Å²) >= 11 is 0. The number of nitrogens with zero attached hydrogens (tertiary/aromatic N) is 4. The predicted molar refractivity (Wildman–Crippen MR) is 121 cm³/mol. The highest BCUT2D eigenvalue weighted by atomic mass is 16.1. The fourth-order valence-electron chi connectivity index (χ4n) is 4.06. The summed E-state index contributed by atoms with van der Waals surface area (Å²) in [5, 5.41) is 11.6. The van der Waals surface area contributed by atoms with Crippen molar-refractivity contribution in [1.82, 2.24) is 20.2 Å². The van der Waals surface area contributed by atoms with Crippen molar-refractivity contribution in [1.29, 1.82) is 0 Å². The Morgan fingerprint density at radius 3 is 2.81 bits per heavy atom. The maximum atomic E-state index is 11.8. The highest BCUT2D eigenvalue weighted by Gasteiger charge is 2.23. The van der Waals surface area contributed by atoms with Gasteiger partial charge in [-0.05, 0) is 24.5 Å². The zero-order chi connectivity index (χ0) is 21.4. The minimum Gasteiger partial charge on any atom is -0.366 e. The van der Waals surface area contributed by atoms with Gasteiger partial charge < -0.3 is 16.0 Å². The first kappa shape index (κ1) is 19.0. The van der Waals surface area contributed by atoms with E-state index in [1.54, 1.807) is 12.1 Å². The molecule has 0 aliphatic carbocycles. The fraction of sp³-hybridized carbons (Fsp3) is 0.217. The molecule has 0 saturated carbocycles. The third-order valence-electron chi connectivity index (χ3n) is 5.64. The number of aromatic nitrogens is 4. The number of nitrogens with two attached hydrogens (primary N) is 1. The van der Waals surface area contributed by atoms with E-state index in [0.29, 0.717) is 29.1 Å². The zero-order valence-electron chi connectivity index (χ0n) is 17.2. The molecule has 0 saturated heterocycles. The van der Waals surface area contributed by atoms with Gasteiger partial charge in [-0.1, -0.05) is 42.5 Å². The number of rotatable bonds is 5. The number of H-pyrrole nitrogens is 1. The van der Waals surface area contributed by atoms with Gasteiger partial charge in [-0.25, -0.2) is 9.97 Å². The Bertz CT molecular complexity index is 1270. The number of fused-ring (bicyclic) bond motifs is 2. The number of hydrogen-bond acceptors (Lipinski definition) is 6. The molecule has 2 aromatic heterocycles. The summed E-state index contributed by atoms with van der Waals surface area (Å²) in [5.41, 5.74) is 9.38. The first-order valence-corrected chi connectivity index (χ1v) is 10.3. The monoisotopic (exact) mass is 413 g/mol. The van der Waals surface area contributed by atoms with Crippen LogP contribution in [0, 0.1) is 0 Å². The number of hydrogen-bond donors (Lipinski definition) is 3. The molecule has 4 N–H and O–H groups in total. The van der Waals surface area contributed by atoms with Crippen LogP contribution in [0.15, 0.2) is 48.5 Å². The van der Waals surface area contributed by atoms with Crippen LogP contribution >= 0.6 is 0 Å². The van der Waals surface area contributed by atoms with Gasteiger partial charge in [0.1, 0.15) is 22.8 Å². The van der Waals surface area contributed by atoms with Gasteiger partial charge in [0.15, 0.2) is 5.82 Å². The number of benzene rings is 2. The van der Waals surface area contributed by atoms with Crippen LogP contribution in [0.25, 0.3) is 22.4 Å². The topological polar surface area (TPSA) is 113 Å². The normalized spacial score (nSPS) is 13.3. The van der Waals surface area contributed by atoms with Gasteiger partial charge in [0.05, 0.1) is 5.56 Å². The number of amides is 1. The Labute approximate surface area is 179 Å². The molecule has 4 aromatic rings. The summed E-state index contributed by atoms with van der Waals surface area (Å²) in [6, 6.07) is 15.6. The molecule has 3 heterocycles. The number of carbonyl (C=O) groups is 1. The second-order valence-electron chi connectivity index (χ2n) is 7.73. The Morgan fingerprint density at radius 1 is 1.16 bits per heavy atom. The molecule has 0 bridgehead atoms. The van der Waals surface area contributed by atoms with Crippen LogP contribution in [-0.2, 0) is 13.0 Å². The highest BCUT2D eigenvalue weighted by molar-refractivity contribution is 6.07. The van der Waals surface area contributed by atoms with Gasteiger partial charge >= 0.3 is 0 Å². The number of aromatic amines is 1. The van der Waals surface area contributed by atoms with E-state index in [-0.39, 0.29) is 0 Å². The summed E-state index contributed by atoms with van der Waals surface area (Å²) in [7, 11) is 2.05. The minimum atomic E-state index is -0.514. The molecule has 0 fully saturated rings. The van der Waals surface area contributed by atoms with Crippen molar-refractivity contribution in [3.63, 3.8) is 0 Å². The number of primary amides is 1. The van der Waals surface area contributed by atoms with E-state index in [1.165, 1.54) is 5.56 Å². The molecule has 2 aromatic carbocycles. The first-order valence-electron chi connectivity index (χ1n) is 10.3. The van der Waals surface area contributed by atoms with E-state index >= 15 is 0 Å². The van der Waals surface area contributed by atoms with Crippen molar-refractivity contribution >= 4 is 28.4 Å². The molecular formula is C23H23N7O. The van der Waals surface area contributed by atoms with Crippen LogP contribution in [0.3, 0.4) is 0 Å². The predicted octanol–water partition coefficient (Wildman–Crippen LogP) is 3.11. The fourth-order valence-corrected chi connectivity index (χ4v) is 4.06. The summed E-state index contributed by atoms with van der Waals surface area (Å²) in [6.07, 6.45) is 1.98. The molecule has 0 radical (unpaired) electrons. The Hall–Kier alpha value is -3.94. The van der Waals surface area contributed by atoms with E-state index in [9.17, 15) is 4.79 Å². The molecule has 5 rings (SSSR count). The van der Waals surface area contributed by atoms with Crippen LogP contribution in [0.5, 0.6) is 0 Å². The summed E-state index contributed by atoms with van der Waals surface area (Å²) in [5.74, 6) is 1.76. The Balaban J connectivity index is 1.61. The van der Waals surface area contributed by atoms with Crippen molar-refractivity contribution in [2.45, 2.75) is 19.4 Å². The van der Waals surface area contributed by atoms with Gasteiger partial charge in [-0.3, -0.25) is 9.89 Å². The lowest BCUT2D eigenvalue weighted by atomic mass is 10.1. The molecule has 1 aliphatic heterocycles. The lowest BCUT2D eigenvalue weighted by Gasteiger charge is -2.28. The molecule has 31 heavy (non-hydrogen) atoms. The third kappa shape index (κ3) is 3.46. The average Bonchev–Trinajstić information content (AvgIpc) is 3.22. The maximum Gasteiger partial charge on any atom is 0.250 e. The van der Waals surface area contributed by atoms with E-state index in [4.69, 9.17) is 15.7 Å². The van der Waals surface area contributed by atoms with Gasteiger partial charge in [0.2, 0.25) is 0 Å². The van der Waals surface area contributed by atoms with Crippen molar-refractivity contribution in [2.75, 3.05) is 23.8 Å². The smallest absolute Gasteiger partial charge is 0.250 e. The second-order valence-corrected chi connectivity index (χ2v) is 7.73. The van der Waals surface area contributed by atoms with Gasteiger partial charge in [-0.15, -0.1) is 0 Å². The molecule has 0 spiro atoms. The first-order chi connectivity index (χ1) is 15.1. The highest BCUT2D eigenvalue weighted by Crippen LogP contribution is 2.34. The average molecular weight is 413 g/mol. The van der Waals surface area contributed by atoms with E-state index < -0.39 is 5.91 Å². The molecule has 0 atom stereocenters. The second kappa shape index (κ2) is 7.71. The van der Waals surface area contributed by atoms with Gasteiger partial charge in [0, 0.05) is 31.1 Å². The summed E-state index contributed by atoms with van der Waals surface area (Å²) < 4.78 is 0. The van der Waals surface area contributed by atoms with Gasteiger partial charge in [0.25, 0.3) is 5.91 Å². The van der Waals surface area contributed by atoms with E-state index in [0.717, 1.165) is 42.0 Å². The Kier molecular flexibility index (Phi) is 4.74. The lowest BCUT2D eigenvalue weighted by molar-refractivity contribution is 0.100. The lowest BCUT2D eigenvalue weighted by Crippen LogP contribution is -2.27. The molecule has 0 unspecified atom stereocenters. The van der Waals surface area contributed by atoms with E-state index in [2.05, 4.69) is 32.5 Å².